The van der Waals surface area contributed by atoms with E-state index in [4.69, 9.17) is 21.1 Å². The smallest absolute Gasteiger partial charge is 0.217 e. The fraction of sp³-hybridized carbons (Fsp3) is 0.611. The number of rotatable bonds is 12. The van der Waals surface area contributed by atoms with Crippen molar-refractivity contribution in [2.45, 2.75) is 89.4 Å². The molecule has 0 amide bonds. The third-order valence-corrected chi connectivity index (χ3v) is 12.7. The van der Waals surface area contributed by atoms with E-state index < -0.39 is 21.5 Å². The van der Waals surface area contributed by atoms with Gasteiger partial charge in [0.05, 0.1) is 23.6 Å². The quantitative estimate of drug-likeness (QED) is 0.182. The van der Waals surface area contributed by atoms with Gasteiger partial charge in [0.2, 0.25) is 10.0 Å². The van der Waals surface area contributed by atoms with Crippen LogP contribution in [0.4, 0.5) is 5.69 Å². The molecule has 45 heavy (non-hydrogen) atoms. The van der Waals surface area contributed by atoms with Crippen molar-refractivity contribution < 1.29 is 23.0 Å². The molecule has 4 aliphatic rings. The predicted octanol–water partition coefficient (Wildman–Crippen LogP) is 7.25. The molecule has 1 saturated heterocycles. The van der Waals surface area contributed by atoms with Gasteiger partial charge in [0.15, 0.2) is 6.23 Å². The lowest BCUT2D eigenvalue weighted by Gasteiger charge is -2.43. The predicted molar refractivity (Wildman–Crippen MR) is 183 cm³/mol. The summed E-state index contributed by atoms with van der Waals surface area (Å²) in [6.07, 6.45) is 14.7. The third kappa shape index (κ3) is 7.90. The van der Waals surface area contributed by atoms with Crippen LogP contribution in [0, 0.1) is 29.1 Å². The normalized spacial score (nSPS) is 31.3. The molecule has 5 rings (SSSR count). The van der Waals surface area contributed by atoms with E-state index in [0.717, 1.165) is 67.2 Å². The Morgan fingerprint density at radius 2 is 1.96 bits per heavy atom. The number of hydrogen-bond acceptors (Lipinski definition) is 6. The van der Waals surface area contributed by atoms with E-state index in [9.17, 15) is 13.5 Å². The second-order valence-electron chi connectivity index (χ2n) is 14.0. The molecule has 0 spiro atoms. The summed E-state index contributed by atoms with van der Waals surface area (Å²) in [6.45, 7) is 15.8. The number of ether oxygens (including phenoxy) is 2. The highest BCUT2D eigenvalue weighted by Gasteiger charge is 2.45. The standard InChI is InChI=1S/C36H51ClN2O5S/c1-6-10-31(40)29-15-13-26(29)22-39-19-9-8-12-27-21-28(37)17-18-36(27,5)23-43-32-16-14-25(20-30(32)39)34-35(44-34)38-45(41,42)33(11-7-2)24(3)4/h6-7,14,16-18,20-21,24,26-27,29,31,33-35,38,40H,1-2,8-13,15,19,22-23H2,3-5H3/t26-,27?,29+,31-,33+,34?,35?,36?/m0/s1. The van der Waals surface area contributed by atoms with Crippen molar-refractivity contribution in [1.82, 2.24) is 4.72 Å². The minimum atomic E-state index is -3.60. The summed E-state index contributed by atoms with van der Waals surface area (Å²) >= 11 is 6.44. The maximum atomic E-state index is 13.2. The first kappa shape index (κ1) is 34.2. The Labute approximate surface area is 275 Å². The summed E-state index contributed by atoms with van der Waals surface area (Å²) in [5.74, 6) is 1.67. The summed E-state index contributed by atoms with van der Waals surface area (Å²) in [7, 11) is -3.60. The number of hydrogen-bond donors (Lipinski definition) is 2. The van der Waals surface area contributed by atoms with Crippen LogP contribution in [0.2, 0.25) is 0 Å². The van der Waals surface area contributed by atoms with E-state index in [0.29, 0.717) is 31.3 Å². The molecule has 4 unspecified atom stereocenters. The highest BCUT2D eigenvalue weighted by Crippen LogP contribution is 2.46. The van der Waals surface area contributed by atoms with E-state index in [2.05, 4.69) is 47.9 Å². The Balaban J connectivity index is 1.41. The van der Waals surface area contributed by atoms with Gasteiger partial charge >= 0.3 is 0 Å². The molecule has 1 aromatic carbocycles. The van der Waals surface area contributed by atoms with Gasteiger partial charge in [-0.3, -0.25) is 0 Å². The van der Waals surface area contributed by atoms with Crippen molar-refractivity contribution in [3.8, 4) is 5.75 Å². The topological polar surface area (TPSA) is 91.4 Å². The summed E-state index contributed by atoms with van der Waals surface area (Å²) in [5.41, 5.74) is 1.73. The zero-order chi connectivity index (χ0) is 32.4. The highest BCUT2D eigenvalue weighted by atomic mass is 35.5. The second-order valence-corrected chi connectivity index (χ2v) is 16.4. The monoisotopic (exact) mass is 658 g/mol. The molecule has 2 aliphatic heterocycles. The van der Waals surface area contributed by atoms with Gasteiger partial charge in [-0.25, -0.2) is 8.42 Å². The van der Waals surface area contributed by atoms with Gasteiger partial charge in [-0.05, 0) is 86.0 Å². The molecule has 7 nitrogen and oxygen atoms in total. The number of sulfonamides is 1. The van der Waals surface area contributed by atoms with Gasteiger partial charge in [-0.15, -0.1) is 13.2 Å². The Morgan fingerprint density at radius 3 is 2.64 bits per heavy atom. The number of nitrogens with zero attached hydrogens (tertiary/aromatic N) is 1. The van der Waals surface area contributed by atoms with Gasteiger partial charge in [-0.2, -0.15) is 4.72 Å². The van der Waals surface area contributed by atoms with Crippen LogP contribution >= 0.6 is 11.6 Å². The third-order valence-electron chi connectivity index (χ3n) is 10.4. The molecule has 9 heteroatoms. The Hall–Kier alpha value is -2.10. The molecule has 2 aliphatic carbocycles. The molecule has 248 valence electrons. The minimum absolute atomic E-state index is 0.0516. The summed E-state index contributed by atoms with van der Waals surface area (Å²) in [5, 5.41) is 11.0. The first-order valence-electron chi connectivity index (χ1n) is 16.6. The van der Waals surface area contributed by atoms with E-state index in [1.54, 1.807) is 12.2 Å². The lowest BCUT2D eigenvalue weighted by atomic mass is 9.69. The molecule has 0 radical (unpaired) electrons. The SMILES string of the molecule is C=CC[C@H](C(C)C)S(=O)(=O)NC1OC1c1ccc2c(c1)N(C[C@@H]1CC[C@H]1[C@@H](O)CC=C)CCCCC1C=C(Cl)C=CC1(C)CO2. The Morgan fingerprint density at radius 1 is 1.18 bits per heavy atom. The number of epoxide rings is 1. The van der Waals surface area contributed by atoms with Crippen molar-refractivity contribution in [3.63, 3.8) is 0 Å². The molecule has 2 heterocycles. The average Bonchev–Trinajstić information content (AvgIpc) is 3.73. The first-order chi connectivity index (χ1) is 21.5. The number of fused-ring (bicyclic) bond motifs is 2. The molecule has 8 atom stereocenters. The summed E-state index contributed by atoms with van der Waals surface area (Å²) < 4.78 is 41.8. The zero-order valence-electron chi connectivity index (χ0n) is 27.0. The Bertz CT molecular complexity index is 1390. The lowest BCUT2D eigenvalue weighted by molar-refractivity contribution is 0.0181. The van der Waals surface area contributed by atoms with Crippen LogP contribution in [0.1, 0.15) is 77.4 Å². The molecule has 0 aromatic heterocycles. The second kappa shape index (κ2) is 14.3. The van der Waals surface area contributed by atoms with Gasteiger partial charge in [0.25, 0.3) is 0 Å². The molecule has 1 aromatic rings. The summed E-state index contributed by atoms with van der Waals surface area (Å²) in [6, 6.07) is 6.12. The molecular formula is C36H51ClN2O5S. The minimum Gasteiger partial charge on any atom is -0.490 e. The van der Waals surface area contributed by atoms with Gasteiger partial charge in [0.1, 0.15) is 11.9 Å². The van der Waals surface area contributed by atoms with Crippen LogP contribution in [0.5, 0.6) is 5.75 Å². The number of halogens is 1. The van der Waals surface area contributed by atoms with Crippen LogP contribution < -0.4 is 14.4 Å². The summed E-state index contributed by atoms with van der Waals surface area (Å²) in [4.78, 5) is 2.42. The van der Waals surface area contributed by atoms with Gasteiger partial charge in [0, 0.05) is 23.5 Å². The van der Waals surface area contributed by atoms with Crippen molar-refractivity contribution in [2.75, 3.05) is 24.6 Å². The Kier molecular flexibility index (Phi) is 10.9. The molecule has 2 fully saturated rings. The fourth-order valence-corrected chi connectivity index (χ4v) is 9.27. The average molecular weight is 659 g/mol. The molecule has 2 N–H and O–H groups in total. The number of aliphatic hydroxyl groups excluding tert-OH is 1. The largest absolute Gasteiger partial charge is 0.490 e. The first-order valence-corrected chi connectivity index (χ1v) is 18.5. The van der Waals surface area contributed by atoms with Gasteiger partial charge in [-0.1, -0.05) is 69.2 Å². The van der Waals surface area contributed by atoms with Gasteiger partial charge < -0.3 is 19.5 Å². The van der Waals surface area contributed by atoms with Crippen molar-refractivity contribution in [3.05, 3.63) is 72.3 Å². The number of nitrogens with one attached hydrogen (secondary N) is 1. The van der Waals surface area contributed by atoms with Crippen LogP contribution in [0.3, 0.4) is 0 Å². The van der Waals surface area contributed by atoms with Crippen LogP contribution in [0.15, 0.2) is 66.8 Å². The lowest BCUT2D eigenvalue weighted by Crippen LogP contribution is -2.43. The van der Waals surface area contributed by atoms with E-state index >= 15 is 0 Å². The number of aliphatic hydroxyl groups is 1. The maximum Gasteiger partial charge on any atom is 0.217 e. The van der Waals surface area contributed by atoms with E-state index in [-0.39, 0.29) is 29.5 Å². The number of allylic oxidation sites excluding steroid dienone is 4. The van der Waals surface area contributed by atoms with Crippen molar-refractivity contribution >= 4 is 27.3 Å². The molecule has 0 bridgehead atoms. The van der Waals surface area contributed by atoms with Crippen LogP contribution in [-0.4, -0.2) is 50.8 Å². The zero-order valence-corrected chi connectivity index (χ0v) is 28.6. The highest BCUT2D eigenvalue weighted by molar-refractivity contribution is 7.90. The molecule has 1 saturated carbocycles. The fourth-order valence-electron chi connectivity index (χ4n) is 7.27. The number of benzene rings is 1. The van der Waals surface area contributed by atoms with Crippen molar-refractivity contribution in [2.24, 2.45) is 29.1 Å². The maximum absolute atomic E-state index is 13.2. The van der Waals surface area contributed by atoms with E-state index in [1.165, 1.54) is 0 Å². The van der Waals surface area contributed by atoms with Crippen LogP contribution in [-0.2, 0) is 14.8 Å². The number of anilines is 1. The van der Waals surface area contributed by atoms with Crippen molar-refractivity contribution in [1.29, 1.82) is 0 Å². The van der Waals surface area contributed by atoms with Crippen LogP contribution in [0.25, 0.3) is 0 Å². The molecular weight excluding hydrogens is 608 g/mol. The van der Waals surface area contributed by atoms with E-state index in [1.807, 2.05) is 32.1 Å².